The number of benzene rings is 1. The first-order chi connectivity index (χ1) is 7.97. The third-order valence-electron chi connectivity index (χ3n) is 2.33. The Morgan fingerprint density at radius 3 is 1.25 bits per heavy atom. The van der Waals surface area contributed by atoms with Gasteiger partial charge in [0.1, 0.15) is 0 Å². The van der Waals surface area contributed by atoms with Crippen LogP contribution in [0.2, 0.25) is 0 Å². The maximum absolute atomic E-state index is 2.12. The smallest absolute Gasteiger partial charge is 0.0184 e. The van der Waals surface area contributed by atoms with Crippen LogP contribution in [0.4, 0.5) is 0 Å². The highest BCUT2D eigenvalue weighted by molar-refractivity contribution is 5.66. The van der Waals surface area contributed by atoms with E-state index in [4.69, 9.17) is 0 Å². The van der Waals surface area contributed by atoms with E-state index in [-0.39, 0.29) is 0 Å². The molecular weight excluding hydrogens is 192 g/mol. The van der Waals surface area contributed by atoms with Gasteiger partial charge in [-0.1, -0.05) is 85.0 Å². The van der Waals surface area contributed by atoms with Crippen LogP contribution >= 0.6 is 0 Å². The van der Waals surface area contributed by atoms with Crippen molar-refractivity contribution in [2.75, 3.05) is 0 Å². The molecule has 16 heavy (non-hydrogen) atoms. The van der Waals surface area contributed by atoms with Crippen molar-refractivity contribution in [3.8, 4) is 0 Å². The number of fused-ring (bicyclic) bond motifs is 1. The van der Waals surface area contributed by atoms with E-state index in [1.54, 1.807) is 0 Å². The van der Waals surface area contributed by atoms with Crippen molar-refractivity contribution in [3.05, 3.63) is 84.0 Å². The zero-order valence-corrected chi connectivity index (χ0v) is 9.08. The Labute approximate surface area is 96.6 Å². The van der Waals surface area contributed by atoms with Crippen LogP contribution in [0.1, 0.15) is 11.1 Å². The van der Waals surface area contributed by atoms with Crippen LogP contribution in [0.15, 0.2) is 72.9 Å². The second kappa shape index (κ2) is 5.72. The zero-order valence-electron chi connectivity index (χ0n) is 9.08. The predicted molar refractivity (Wildman–Crippen MR) is 71.9 cm³/mol. The van der Waals surface area contributed by atoms with Gasteiger partial charge in [-0.05, 0) is 11.1 Å². The fourth-order valence-electron chi connectivity index (χ4n) is 1.52. The topological polar surface area (TPSA) is 0 Å². The molecule has 0 aromatic heterocycles. The van der Waals surface area contributed by atoms with Crippen molar-refractivity contribution < 1.29 is 0 Å². The summed E-state index contributed by atoms with van der Waals surface area (Å²) < 4.78 is 0. The summed E-state index contributed by atoms with van der Waals surface area (Å²) in [5.74, 6) is 0. The highest BCUT2D eigenvalue weighted by Crippen LogP contribution is 2.13. The van der Waals surface area contributed by atoms with Crippen molar-refractivity contribution in [2.45, 2.75) is 0 Å². The van der Waals surface area contributed by atoms with Gasteiger partial charge in [0.15, 0.2) is 0 Å². The average Bonchev–Trinajstić information content (AvgIpc) is 2.30. The van der Waals surface area contributed by atoms with E-state index in [0.717, 1.165) is 0 Å². The molecule has 1 aromatic rings. The summed E-state index contributed by atoms with van der Waals surface area (Å²) in [6.45, 7) is 0. The van der Waals surface area contributed by atoms with E-state index in [2.05, 4.69) is 48.6 Å². The highest BCUT2D eigenvalue weighted by atomic mass is 14.0. The molecule has 0 spiro atoms. The Kier molecular flexibility index (Phi) is 3.73. The molecule has 1 aliphatic rings. The molecule has 2 rings (SSSR count). The quantitative estimate of drug-likeness (QED) is 0.590. The van der Waals surface area contributed by atoms with Crippen LogP contribution < -0.4 is 0 Å². The fraction of sp³-hybridized carbons (Fsp3) is 0. The van der Waals surface area contributed by atoms with Crippen molar-refractivity contribution in [2.24, 2.45) is 0 Å². The summed E-state index contributed by atoms with van der Waals surface area (Å²) in [7, 11) is 0. The molecule has 1 aliphatic carbocycles. The molecule has 0 saturated heterocycles. The van der Waals surface area contributed by atoms with Gasteiger partial charge in [-0.3, -0.25) is 0 Å². The molecule has 0 heteroatoms. The fourth-order valence-corrected chi connectivity index (χ4v) is 1.52. The lowest BCUT2D eigenvalue weighted by Gasteiger charge is -1.99. The molecule has 0 N–H and O–H groups in total. The molecule has 0 nitrogen and oxygen atoms in total. The Morgan fingerprint density at radius 2 is 0.812 bits per heavy atom. The second-order valence-corrected chi connectivity index (χ2v) is 3.50. The first-order valence-electron chi connectivity index (χ1n) is 5.40. The molecule has 0 radical (unpaired) electrons. The van der Waals surface area contributed by atoms with E-state index in [1.165, 1.54) is 11.1 Å². The van der Waals surface area contributed by atoms with Crippen LogP contribution in [0, 0.1) is 0 Å². The third kappa shape index (κ3) is 2.96. The van der Waals surface area contributed by atoms with Gasteiger partial charge in [0.25, 0.3) is 0 Å². The van der Waals surface area contributed by atoms with Crippen LogP contribution in [0.25, 0.3) is 12.2 Å². The molecule has 0 unspecified atom stereocenters. The van der Waals surface area contributed by atoms with Crippen LogP contribution in [-0.2, 0) is 0 Å². The van der Waals surface area contributed by atoms with Crippen LogP contribution in [0.5, 0.6) is 0 Å². The standard InChI is InChI=1S/C16H14/c1-2-4-6-8-12-16-14-10-9-13-15(16)11-7-5-3-1/h1-14H. The second-order valence-electron chi connectivity index (χ2n) is 3.50. The summed E-state index contributed by atoms with van der Waals surface area (Å²) in [5, 5.41) is 0. The minimum atomic E-state index is 1.24. The lowest BCUT2D eigenvalue weighted by atomic mass is 10.1. The molecule has 0 atom stereocenters. The molecule has 78 valence electrons. The normalized spacial score (nSPS) is 14.2. The van der Waals surface area contributed by atoms with E-state index in [1.807, 2.05) is 36.5 Å². The SMILES string of the molecule is C1=CC=CC=Cc2ccccc2C=CC=C1. The average molecular weight is 206 g/mol. The Morgan fingerprint density at radius 1 is 0.438 bits per heavy atom. The van der Waals surface area contributed by atoms with Gasteiger partial charge in [0, 0.05) is 0 Å². The predicted octanol–water partition coefficient (Wildman–Crippen LogP) is 4.40. The molecular formula is C16H14. The van der Waals surface area contributed by atoms with Gasteiger partial charge in [-0.25, -0.2) is 0 Å². The molecule has 0 heterocycles. The van der Waals surface area contributed by atoms with E-state index < -0.39 is 0 Å². The van der Waals surface area contributed by atoms with Gasteiger partial charge < -0.3 is 0 Å². The lowest BCUT2D eigenvalue weighted by Crippen LogP contribution is -1.78. The summed E-state index contributed by atoms with van der Waals surface area (Å²) in [6, 6.07) is 8.36. The number of rotatable bonds is 0. The first-order valence-corrected chi connectivity index (χ1v) is 5.40. The molecule has 0 fully saturated rings. The number of hydrogen-bond acceptors (Lipinski definition) is 0. The maximum atomic E-state index is 2.12. The molecule has 0 bridgehead atoms. The Bertz CT molecular complexity index is 438. The summed E-state index contributed by atoms with van der Waals surface area (Å²) >= 11 is 0. The molecule has 0 amide bonds. The highest BCUT2D eigenvalue weighted by Gasteiger charge is 1.92. The van der Waals surface area contributed by atoms with Crippen LogP contribution in [0.3, 0.4) is 0 Å². The maximum Gasteiger partial charge on any atom is -0.0184 e. The summed E-state index contributed by atoms with van der Waals surface area (Å²) in [5.41, 5.74) is 2.47. The van der Waals surface area contributed by atoms with Crippen molar-refractivity contribution in [1.29, 1.82) is 0 Å². The first kappa shape index (κ1) is 10.4. The lowest BCUT2D eigenvalue weighted by molar-refractivity contribution is 1.61. The van der Waals surface area contributed by atoms with Gasteiger partial charge in [0.2, 0.25) is 0 Å². The number of allylic oxidation sites excluding steroid dienone is 8. The third-order valence-corrected chi connectivity index (χ3v) is 2.33. The summed E-state index contributed by atoms with van der Waals surface area (Å²) in [6.07, 6.45) is 20.5. The molecule has 0 aliphatic heterocycles. The molecule has 0 saturated carbocycles. The van der Waals surface area contributed by atoms with Crippen molar-refractivity contribution in [3.63, 3.8) is 0 Å². The number of hydrogen-bond donors (Lipinski definition) is 0. The van der Waals surface area contributed by atoms with Crippen LogP contribution in [-0.4, -0.2) is 0 Å². The largest absolute Gasteiger partial charge is 0.0623 e. The Balaban J connectivity index is 2.39. The van der Waals surface area contributed by atoms with E-state index in [9.17, 15) is 0 Å². The summed E-state index contributed by atoms with van der Waals surface area (Å²) in [4.78, 5) is 0. The van der Waals surface area contributed by atoms with E-state index >= 15 is 0 Å². The van der Waals surface area contributed by atoms with Crippen molar-refractivity contribution in [1.82, 2.24) is 0 Å². The van der Waals surface area contributed by atoms with Gasteiger partial charge in [-0.15, -0.1) is 0 Å². The molecule has 1 aromatic carbocycles. The van der Waals surface area contributed by atoms with Gasteiger partial charge in [-0.2, -0.15) is 0 Å². The Hall–Kier alpha value is -2.08. The van der Waals surface area contributed by atoms with Crippen molar-refractivity contribution >= 4 is 12.2 Å². The van der Waals surface area contributed by atoms with Gasteiger partial charge in [0.05, 0.1) is 0 Å². The monoisotopic (exact) mass is 206 g/mol. The van der Waals surface area contributed by atoms with Gasteiger partial charge >= 0.3 is 0 Å². The minimum Gasteiger partial charge on any atom is -0.0623 e. The zero-order chi connectivity index (χ0) is 11.1. The minimum absolute atomic E-state index is 1.24. The van der Waals surface area contributed by atoms with E-state index in [0.29, 0.717) is 0 Å².